The number of amides is 6. The van der Waals surface area contributed by atoms with Crippen LogP contribution in [0.3, 0.4) is 0 Å². The number of hydrogen-bond acceptors (Lipinski definition) is 8. The summed E-state index contributed by atoms with van der Waals surface area (Å²) in [6.45, 7) is 14.0. The summed E-state index contributed by atoms with van der Waals surface area (Å²) >= 11 is 0. The molecule has 5 atom stereocenters. The Hall–Kier alpha value is -7.16. The van der Waals surface area contributed by atoms with Crippen molar-refractivity contribution in [3.8, 4) is 0 Å². The van der Waals surface area contributed by atoms with Gasteiger partial charge in [0.2, 0.25) is 35.4 Å². The van der Waals surface area contributed by atoms with E-state index in [1.54, 1.807) is 0 Å². The highest BCUT2D eigenvalue weighted by atomic mass is 16.5. The van der Waals surface area contributed by atoms with Crippen molar-refractivity contribution < 1.29 is 34.0 Å². The number of piperidine rings is 1. The third-order valence-corrected chi connectivity index (χ3v) is 15.6. The Balaban J connectivity index is 1.42. The lowest BCUT2D eigenvalue weighted by Crippen LogP contribution is -2.65. The van der Waals surface area contributed by atoms with Crippen LogP contribution in [0.2, 0.25) is 0 Å². The van der Waals surface area contributed by atoms with Gasteiger partial charge in [-0.3, -0.25) is 28.8 Å². The second-order valence-electron chi connectivity index (χ2n) is 21.6. The maximum atomic E-state index is 15.6. The van der Waals surface area contributed by atoms with Crippen molar-refractivity contribution in [3.63, 3.8) is 0 Å². The highest BCUT2D eigenvalue weighted by Gasteiger charge is 2.48. The molecular formula is C61H75N7O7. The number of nitrogens with zero attached hydrogens (tertiary/aromatic N) is 7. The Kier molecular flexibility index (Phi) is 17.8. The van der Waals surface area contributed by atoms with Crippen LogP contribution in [0.25, 0.3) is 0 Å². The molecule has 0 aromatic heterocycles. The molecule has 0 radical (unpaired) electrons. The summed E-state index contributed by atoms with van der Waals surface area (Å²) < 4.78 is 0. The highest BCUT2D eigenvalue weighted by Crippen LogP contribution is 2.39. The van der Waals surface area contributed by atoms with E-state index in [1.807, 2.05) is 214 Å². The van der Waals surface area contributed by atoms with Crippen LogP contribution >= 0.6 is 0 Å². The number of hydrogen-bond donors (Lipinski definition) is 1. The van der Waals surface area contributed by atoms with Gasteiger partial charge in [-0.05, 0) is 103 Å². The molecule has 2 aliphatic rings. The number of carbonyl (C=O) groups is 6. The minimum Gasteiger partial charge on any atom is -0.329 e. The van der Waals surface area contributed by atoms with Crippen LogP contribution in [-0.4, -0.2) is 132 Å². The number of carbonyl (C=O) groups excluding carboxylic acids is 6. The van der Waals surface area contributed by atoms with Crippen molar-refractivity contribution in [2.75, 3.05) is 39.3 Å². The van der Waals surface area contributed by atoms with Crippen molar-refractivity contribution >= 4 is 35.4 Å². The third-order valence-electron chi connectivity index (χ3n) is 15.6. The van der Waals surface area contributed by atoms with Crippen LogP contribution in [0, 0.1) is 0 Å². The Morgan fingerprint density at radius 3 is 0.773 bits per heavy atom. The van der Waals surface area contributed by atoms with Gasteiger partial charge in [0.1, 0.15) is 39.3 Å². The molecular weight excluding hydrogens is 943 g/mol. The molecule has 6 amide bonds. The molecule has 5 aromatic carbocycles. The molecule has 2 aliphatic heterocycles. The molecule has 14 heteroatoms. The van der Waals surface area contributed by atoms with Crippen molar-refractivity contribution in [2.45, 2.75) is 122 Å². The van der Waals surface area contributed by atoms with Gasteiger partial charge < -0.3 is 34.6 Å². The summed E-state index contributed by atoms with van der Waals surface area (Å²) in [5, 5.41) is 12.8. The maximum Gasteiger partial charge on any atom is 0.243 e. The molecule has 0 aliphatic carbocycles. The summed E-state index contributed by atoms with van der Waals surface area (Å²) in [5.41, 5.74) is 2.06. The molecule has 7 rings (SSSR count). The molecule has 1 unspecified atom stereocenters. The number of hydroxylamine groups is 2. The van der Waals surface area contributed by atoms with Crippen molar-refractivity contribution in [3.05, 3.63) is 179 Å². The minimum absolute atomic E-state index is 0.278. The third kappa shape index (κ3) is 13.0. The topological polar surface area (TPSA) is 145 Å². The van der Waals surface area contributed by atoms with Gasteiger partial charge in [0.25, 0.3) is 0 Å². The van der Waals surface area contributed by atoms with E-state index >= 15 is 28.8 Å². The fourth-order valence-electron chi connectivity index (χ4n) is 11.0. The van der Waals surface area contributed by atoms with E-state index in [0.29, 0.717) is 0 Å². The summed E-state index contributed by atoms with van der Waals surface area (Å²) in [5.74, 6) is -3.09. The lowest BCUT2D eigenvalue weighted by molar-refractivity contribution is -0.251. The van der Waals surface area contributed by atoms with Crippen LogP contribution in [-0.2, 0) is 28.8 Å². The maximum absolute atomic E-state index is 15.6. The summed E-state index contributed by atoms with van der Waals surface area (Å²) in [7, 11) is 0. The van der Waals surface area contributed by atoms with Gasteiger partial charge >= 0.3 is 0 Å². The average molecular weight is 1020 g/mol. The standard InChI is InChI=1S/C61H75N7O7/c1-43(48-25-15-10-16-26-48)62-37-55(70)64(45(3)50-29-19-12-20-30-50)39-57(72)66(47(5)52-33-23-14-24-34-52)41-59(74)67(53-35-60(6,7)68(75)61(8,9)36-53)42-58(73)65(46(4)51-31-21-13-22-32-51)40-56(71)63(38-54(62)69)44(2)49-27-17-11-18-28-49/h10-34,43-47,53,75H,35-42H2,1-9H3/t43?,44-,45-,46-,47-/m0/s1. The molecule has 2 heterocycles. The Morgan fingerprint density at radius 1 is 0.347 bits per heavy atom. The summed E-state index contributed by atoms with van der Waals surface area (Å²) in [6, 6.07) is 42.7. The molecule has 396 valence electrons. The van der Waals surface area contributed by atoms with Crippen LogP contribution in [0.15, 0.2) is 152 Å². The largest absolute Gasteiger partial charge is 0.329 e. The lowest BCUT2D eigenvalue weighted by Gasteiger charge is -2.53. The smallest absolute Gasteiger partial charge is 0.243 e. The quantitative estimate of drug-likeness (QED) is 0.138. The molecule has 0 bridgehead atoms. The van der Waals surface area contributed by atoms with Crippen molar-refractivity contribution in [1.29, 1.82) is 0 Å². The Labute approximate surface area is 443 Å². The predicted octanol–water partition coefficient (Wildman–Crippen LogP) is 9.19. The van der Waals surface area contributed by atoms with Gasteiger partial charge in [-0.2, -0.15) is 5.06 Å². The second kappa shape index (κ2) is 24.0. The van der Waals surface area contributed by atoms with Crippen LogP contribution < -0.4 is 0 Å². The van der Waals surface area contributed by atoms with Crippen LogP contribution in [0.1, 0.15) is 133 Å². The fourth-order valence-corrected chi connectivity index (χ4v) is 11.0. The molecule has 14 nitrogen and oxygen atoms in total. The van der Waals surface area contributed by atoms with Crippen molar-refractivity contribution in [2.24, 2.45) is 0 Å². The lowest BCUT2D eigenvalue weighted by atomic mass is 9.78. The predicted molar refractivity (Wildman–Crippen MR) is 289 cm³/mol. The van der Waals surface area contributed by atoms with E-state index in [2.05, 4.69) is 0 Å². The van der Waals surface area contributed by atoms with Crippen molar-refractivity contribution in [1.82, 2.24) is 34.5 Å². The summed E-state index contributed by atoms with van der Waals surface area (Å²) in [6.07, 6.45) is 0.557. The normalized spacial score (nSPS) is 20.3. The van der Waals surface area contributed by atoms with E-state index < -0.39 is 122 Å². The van der Waals surface area contributed by atoms with Gasteiger partial charge in [-0.1, -0.05) is 152 Å². The van der Waals surface area contributed by atoms with E-state index in [0.717, 1.165) is 27.8 Å². The van der Waals surface area contributed by atoms with E-state index in [-0.39, 0.29) is 12.8 Å². The molecule has 2 fully saturated rings. The number of benzene rings is 5. The summed E-state index contributed by atoms with van der Waals surface area (Å²) in [4.78, 5) is 102. The SMILES string of the molecule is CC(c1ccccc1)N1CC(=O)N([C@@H](C)c2ccccc2)CC(=O)N([C@@H](C)c2ccccc2)CC(=O)N(C2CC(C)(C)N(O)C(C)(C)C2)CC(=O)N([C@@H](C)c2ccccc2)CC(=O)N([C@@H](C)c2ccccc2)CC1=O. The van der Waals surface area contributed by atoms with Gasteiger partial charge in [-0.15, -0.1) is 0 Å². The molecule has 1 N–H and O–H groups in total. The second-order valence-corrected chi connectivity index (χ2v) is 21.6. The first-order valence-electron chi connectivity index (χ1n) is 26.2. The van der Waals surface area contributed by atoms with E-state index in [4.69, 9.17) is 0 Å². The fraction of sp³-hybridized carbons (Fsp3) is 0.410. The van der Waals surface area contributed by atoms with Gasteiger partial charge in [-0.25, -0.2) is 0 Å². The Morgan fingerprint density at radius 2 is 0.547 bits per heavy atom. The zero-order valence-corrected chi connectivity index (χ0v) is 45.1. The molecule has 0 saturated carbocycles. The van der Waals surface area contributed by atoms with Gasteiger partial charge in [0.15, 0.2) is 0 Å². The monoisotopic (exact) mass is 1020 g/mol. The number of rotatable bonds is 11. The Bertz CT molecular complexity index is 2640. The van der Waals surface area contributed by atoms with Gasteiger partial charge in [0.05, 0.1) is 30.2 Å². The van der Waals surface area contributed by atoms with Gasteiger partial charge in [0, 0.05) is 17.1 Å². The first kappa shape index (κ1) is 55.6. The van der Waals surface area contributed by atoms with E-state index in [1.165, 1.54) is 34.5 Å². The highest BCUT2D eigenvalue weighted by molar-refractivity contribution is 5.94. The van der Waals surface area contributed by atoms with Crippen LogP contribution in [0.5, 0.6) is 0 Å². The molecule has 2 saturated heterocycles. The molecule has 5 aromatic rings. The average Bonchev–Trinajstić information content (AvgIpc) is 3.42. The van der Waals surface area contributed by atoms with Crippen LogP contribution in [0.4, 0.5) is 0 Å². The first-order valence-corrected chi connectivity index (χ1v) is 26.2. The van der Waals surface area contributed by atoms with E-state index in [9.17, 15) is 5.21 Å². The zero-order valence-electron chi connectivity index (χ0n) is 45.1. The zero-order chi connectivity index (χ0) is 54.2. The first-order chi connectivity index (χ1) is 35.7. The molecule has 75 heavy (non-hydrogen) atoms. The molecule has 0 spiro atoms. The minimum atomic E-state index is -0.845.